The van der Waals surface area contributed by atoms with E-state index in [0.29, 0.717) is 4.88 Å². The molecular formula is C11H7N3O4S. The first-order valence-electron chi connectivity index (χ1n) is 5.07. The summed E-state index contributed by atoms with van der Waals surface area (Å²) in [5.41, 5.74) is -0.281. The lowest BCUT2D eigenvalue weighted by molar-refractivity contribution is -0.385. The lowest BCUT2D eigenvalue weighted by Gasteiger charge is -2.01. The molecule has 0 saturated carbocycles. The quantitative estimate of drug-likeness (QED) is 0.521. The minimum atomic E-state index is -0.701. The Morgan fingerprint density at radius 3 is 2.58 bits per heavy atom. The predicted octanol–water partition coefficient (Wildman–Crippen LogP) is 1.62. The van der Waals surface area contributed by atoms with Gasteiger partial charge in [-0.15, -0.1) is 11.3 Å². The van der Waals surface area contributed by atoms with E-state index in [2.05, 4.69) is 10.3 Å². The van der Waals surface area contributed by atoms with Gasteiger partial charge in [-0.1, -0.05) is 6.07 Å². The first kappa shape index (κ1) is 12.8. The van der Waals surface area contributed by atoms with E-state index in [-0.39, 0.29) is 11.4 Å². The van der Waals surface area contributed by atoms with E-state index in [9.17, 15) is 19.7 Å². The van der Waals surface area contributed by atoms with Crippen LogP contribution in [0.25, 0.3) is 0 Å². The highest BCUT2D eigenvalue weighted by molar-refractivity contribution is 7.12. The highest BCUT2D eigenvalue weighted by Crippen LogP contribution is 2.10. The lowest BCUT2D eigenvalue weighted by atomic mass is 10.3. The lowest BCUT2D eigenvalue weighted by Crippen LogP contribution is -2.30. The molecule has 0 saturated heterocycles. The third-order valence-electron chi connectivity index (χ3n) is 2.16. The molecule has 1 N–H and O–H groups in total. The molecule has 2 aromatic rings. The summed E-state index contributed by atoms with van der Waals surface area (Å²) >= 11 is 1.20. The summed E-state index contributed by atoms with van der Waals surface area (Å²) in [4.78, 5) is 37.1. The van der Waals surface area contributed by atoms with Gasteiger partial charge in [0.05, 0.1) is 9.80 Å². The molecule has 2 aromatic heterocycles. The molecule has 0 fully saturated rings. The number of nitrogens with one attached hydrogen (secondary N) is 1. The van der Waals surface area contributed by atoms with Gasteiger partial charge in [0.2, 0.25) is 0 Å². The number of hydrogen-bond acceptors (Lipinski definition) is 6. The molecular weight excluding hydrogens is 270 g/mol. The fourth-order valence-electron chi connectivity index (χ4n) is 1.26. The van der Waals surface area contributed by atoms with Crippen molar-refractivity contribution < 1.29 is 14.5 Å². The maximum absolute atomic E-state index is 11.7. The van der Waals surface area contributed by atoms with Crippen LogP contribution < -0.4 is 5.32 Å². The molecule has 0 bridgehead atoms. The topological polar surface area (TPSA) is 102 Å². The Hall–Kier alpha value is -2.61. The van der Waals surface area contributed by atoms with E-state index in [1.54, 1.807) is 17.5 Å². The van der Waals surface area contributed by atoms with Crippen LogP contribution in [0.15, 0.2) is 35.8 Å². The summed E-state index contributed by atoms with van der Waals surface area (Å²) in [6, 6.07) is 5.61. The van der Waals surface area contributed by atoms with Crippen molar-refractivity contribution in [3.63, 3.8) is 0 Å². The molecule has 0 atom stereocenters. The van der Waals surface area contributed by atoms with Crippen molar-refractivity contribution in [2.75, 3.05) is 0 Å². The number of imide groups is 1. The van der Waals surface area contributed by atoms with Crippen LogP contribution in [0, 0.1) is 10.1 Å². The monoisotopic (exact) mass is 277 g/mol. The number of pyridine rings is 1. The van der Waals surface area contributed by atoms with Crippen molar-refractivity contribution >= 4 is 28.8 Å². The Kier molecular flexibility index (Phi) is 3.62. The maximum Gasteiger partial charge on any atom is 0.287 e. The Labute approximate surface area is 111 Å². The largest absolute Gasteiger partial charge is 0.287 e. The highest BCUT2D eigenvalue weighted by atomic mass is 32.1. The SMILES string of the molecule is O=C(NC(=O)c1cccs1)c1ccc([N+](=O)[O-])cn1. The van der Waals surface area contributed by atoms with Gasteiger partial charge < -0.3 is 0 Å². The maximum atomic E-state index is 11.7. The molecule has 0 unspecified atom stereocenters. The molecule has 2 rings (SSSR count). The van der Waals surface area contributed by atoms with Gasteiger partial charge in [-0.05, 0) is 17.5 Å². The second-order valence-corrected chi connectivity index (χ2v) is 4.37. The average Bonchev–Trinajstić information content (AvgIpc) is 2.92. The first-order chi connectivity index (χ1) is 9.08. The number of carbonyl (C=O) groups excluding carboxylic acids is 2. The molecule has 0 aliphatic carbocycles. The zero-order valence-electron chi connectivity index (χ0n) is 9.40. The third kappa shape index (κ3) is 2.99. The van der Waals surface area contributed by atoms with Crippen LogP contribution in [-0.2, 0) is 0 Å². The molecule has 8 heteroatoms. The molecule has 0 spiro atoms. The number of aromatic nitrogens is 1. The molecule has 96 valence electrons. The standard InChI is InChI=1S/C11H7N3O4S/c15-10(13-11(16)9-2-1-5-19-9)8-4-3-7(6-12-8)14(17)18/h1-6H,(H,13,15,16). The van der Waals surface area contributed by atoms with Crippen molar-refractivity contribution in [3.8, 4) is 0 Å². The van der Waals surface area contributed by atoms with Gasteiger partial charge in [0, 0.05) is 6.07 Å². The number of thiophene rings is 1. The fraction of sp³-hybridized carbons (Fsp3) is 0. The number of nitrogens with zero attached hydrogens (tertiary/aromatic N) is 2. The van der Waals surface area contributed by atoms with Gasteiger partial charge in [-0.25, -0.2) is 4.98 Å². The highest BCUT2D eigenvalue weighted by Gasteiger charge is 2.15. The number of rotatable bonds is 3. The van der Waals surface area contributed by atoms with Crippen LogP contribution in [0.2, 0.25) is 0 Å². The van der Waals surface area contributed by atoms with Crippen molar-refractivity contribution in [2.45, 2.75) is 0 Å². The summed E-state index contributed by atoms with van der Waals surface area (Å²) < 4.78 is 0. The molecule has 2 heterocycles. The summed E-state index contributed by atoms with van der Waals surface area (Å²) in [7, 11) is 0. The summed E-state index contributed by atoms with van der Waals surface area (Å²) in [5, 5.41) is 14.3. The van der Waals surface area contributed by atoms with Crippen LogP contribution in [0.4, 0.5) is 5.69 Å². The van der Waals surface area contributed by atoms with E-state index in [0.717, 1.165) is 12.3 Å². The summed E-state index contributed by atoms with van der Waals surface area (Å²) in [5.74, 6) is -1.23. The summed E-state index contributed by atoms with van der Waals surface area (Å²) in [6.45, 7) is 0. The second-order valence-electron chi connectivity index (χ2n) is 3.42. The summed E-state index contributed by atoms with van der Waals surface area (Å²) in [6.07, 6.45) is 0.963. The smallest absolute Gasteiger partial charge is 0.286 e. The Balaban J connectivity index is 2.08. The number of carbonyl (C=O) groups is 2. The normalized spacial score (nSPS) is 9.89. The van der Waals surface area contributed by atoms with E-state index in [1.807, 2.05) is 0 Å². The Morgan fingerprint density at radius 2 is 2.05 bits per heavy atom. The van der Waals surface area contributed by atoms with Gasteiger partial charge in [-0.2, -0.15) is 0 Å². The number of amides is 2. The predicted molar refractivity (Wildman–Crippen MR) is 67.0 cm³/mol. The van der Waals surface area contributed by atoms with Gasteiger partial charge in [-0.3, -0.25) is 25.0 Å². The van der Waals surface area contributed by atoms with E-state index >= 15 is 0 Å². The van der Waals surface area contributed by atoms with Crippen LogP contribution in [0.1, 0.15) is 20.2 Å². The van der Waals surface area contributed by atoms with Crippen molar-refractivity contribution in [2.24, 2.45) is 0 Å². The molecule has 0 aliphatic heterocycles. The zero-order valence-corrected chi connectivity index (χ0v) is 10.2. The Bertz CT molecular complexity index is 622. The molecule has 0 aliphatic rings. The van der Waals surface area contributed by atoms with Crippen molar-refractivity contribution in [3.05, 3.63) is 56.5 Å². The second kappa shape index (κ2) is 5.36. The van der Waals surface area contributed by atoms with Crippen molar-refractivity contribution in [1.29, 1.82) is 0 Å². The average molecular weight is 277 g/mol. The van der Waals surface area contributed by atoms with E-state index in [1.165, 1.54) is 17.4 Å². The minimum absolute atomic E-state index is 0.0597. The number of nitro groups is 1. The molecule has 0 radical (unpaired) electrons. The molecule has 7 nitrogen and oxygen atoms in total. The van der Waals surface area contributed by atoms with Crippen LogP contribution >= 0.6 is 11.3 Å². The molecule has 2 amide bonds. The first-order valence-corrected chi connectivity index (χ1v) is 5.95. The van der Waals surface area contributed by atoms with Crippen LogP contribution in [0.3, 0.4) is 0 Å². The minimum Gasteiger partial charge on any atom is -0.286 e. The Morgan fingerprint density at radius 1 is 1.26 bits per heavy atom. The molecule has 0 aromatic carbocycles. The van der Waals surface area contributed by atoms with Gasteiger partial charge in [0.25, 0.3) is 17.5 Å². The zero-order chi connectivity index (χ0) is 13.8. The number of hydrogen-bond donors (Lipinski definition) is 1. The van der Waals surface area contributed by atoms with Gasteiger partial charge >= 0.3 is 0 Å². The van der Waals surface area contributed by atoms with Crippen LogP contribution in [0.5, 0.6) is 0 Å². The van der Waals surface area contributed by atoms with Gasteiger partial charge in [0.15, 0.2) is 0 Å². The fourth-order valence-corrected chi connectivity index (χ4v) is 1.88. The van der Waals surface area contributed by atoms with Crippen molar-refractivity contribution in [1.82, 2.24) is 10.3 Å². The van der Waals surface area contributed by atoms with Crippen LogP contribution in [-0.4, -0.2) is 21.7 Å². The van der Waals surface area contributed by atoms with Gasteiger partial charge in [0.1, 0.15) is 11.9 Å². The third-order valence-corrected chi connectivity index (χ3v) is 3.03. The molecule has 19 heavy (non-hydrogen) atoms. The van der Waals surface area contributed by atoms with E-state index < -0.39 is 16.7 Å². The van der Waals surface area contributed by atoms with E-state index in [4.69, 9.17) is 0 Å².